The molecule has 6 heteroatoms. The van der Waals surface area contributed by atoms with Gasteiger partial charge in [-0.25, -0.2) is 14.2 Å². The lowest BCUT2D eigenvalue weighted by Crippen LogP contribution is -2.05. The van der Waals surface area contributed by atoms with Gasteiger partial charge in [-0.2, -0.15) is 0 Å². The molecule has 0 amide bonds. The van der Waals surface area contributed by atoms with Crippen LogP contribution < -0.4 is 4.74 Å². The van der Waals surface area contributed by atoms with Crippen molar-refractivity contribution in [2.75, 3.05) is 7.11 Å². The highest BCUT2D eigenvalue weighted by atomic mass is 35.5. The third kappa shape index (κ3) is 4.25. The Morgan fingerprint density at radius 3 is 2.80 bits per heavy atom. The smallest absolute Gasteiger partial charge is 0.363 e. The molecule has 2 aromatic rings. The van der Waals surface area contributed by atoms with Crippen LogP contribution in [0.3, 0.4) is 0 Å². The van der Waals surface area contributed by atoms with Crippen molar-refractivity contribution in [2.24, 2.45) is 4.99 Å². The molecule has 25 heavy (non-hydrogen) atoms. The summed E-state index contributed by atoms with van der Waals surface area (Å²) in [5.74, 6) is 0.0678. The van der Waals surface area contributed by atoms with E-state index < -0.39 is 5.97 Å². The summed E-state index contributed by atoms with van der Waals surface area (Å²) in [6.45, 7) is 0. The lowest BCUT2D eigenvalue weighted by molar-refractivity contribution is -0.130. The standard InChI is InChI=1S/C19H15ClFNO3/c1-24-17-7-5-13(10-15(17)20)11-16-19(23)25-18(22-16)8-6-12-3-2-4-14(21)9-12/h2-5,7,9-11H,6,8H2,1H3/b16-11+. The van der Waals surface area contributed by atoms with Crippen LogP contribution in [0.15, 0.2) is 53.2 Å². The summed E-state index contributed by atoms with van der Waals surface area (Å²) in [5.41, 5.74) is 1.74. The molecule has 128 valence electrons. The van der Waals surface area contributed by atoms with Gasteiger partial charge < -0.3 is 9.47 Å². The Kier molecular flexibility index (Phi) is 5.14. The van der Waals surface area contributed by atoms with Crippen LogP contribution in [0.25, 0.3) is 6.08 Å². The highest BCUT2D eigenvalue weighted by Gasteiger charge is 2.22. The summed E-state index contributed by atoms with van der Waals surface area (Å²) < 4.78 is 23.4. The molecule has 0 N–H and O–H groups in total. The molecule has 0 aromatic heterocycles. The van der Waals surface area contributed by atoms with Gasteiger partial charge in [-0.3, -0.25) is 0 Å². The fourth-order valence-electron chi connectivity index (χ4n) is 2.43. The lowest BCUT2D eigenvalue weighted by atomic mass is 10.1. The molecular formula is C19H15ClFNO3. The number of ether oxygens (including phenoxy) is 2. The number of esters is 1. The maximum atomic E-state index is 13.2. The average Bonchev–Trinajstić information content (AvgIpc) is 2.93. The van der Waals surface area contributed by atoms with Gasteiger partial charge in [-0.1, -0.05) is 29.8 Å². The first-order chi connectivity index (χ1) is 12.0. The Balaban J connectivity index is 1.72. The van der Waals surface area contributed by atoms with E-state index in [4.69, 9.17) is 21.1 Å². The Morgan fingerprint density at radius 1 is 1.24 bits per heavy atom. The molecule has 4 nitrogen and oxygen atoms in total. The van der Waals surface area contributed by atoms with Crippen LogP contribution in [0.5, 0.6) is 5.75 Å². The van der Waals surface area contributed by atoms with E-state index in [0.717, 1.165) is 5.56 Å². The molecule has 1 heterocycles. The zero-order valence-corrected chi connectivity index (χ0v) is 14.2. The molecular weight excluding hydrogens is 345 g/mol. The van der Waals surface area contributed by atoms with Crippen molar-refractivity contribution in [1.29, 1.82) is 0 Å². The van der Waals surface area contributed by atoms with E-state index in [9.17, 15) is 9.18 Å². The first kappa shape index (κ1) is 17.2. The number of carbonyl (C=O) groups is 1. The number of methoxy groups -OCH3 is 1. The average molecular weight is 360 g/mol. The number of cyclic esters (lactones) is 1. The third-order valence-corrected chi connectivity index (χ3v) is 3.96. The van der Waals surface area contributed by atoms with Gasteiger partial charge in [0.2, 0.25) is 0 Å². The number of aliphatic imine (C=N–C) groups is 1. The zero-order valence-electron chi connectivity index (χ0n) is 13.5. The number of carbonyl (C=O) groups excluding carboxylic acids is 1. The number of halogens is 2. The van der Waals surface area contributed by atoms with Crippen molar-refractivity contribution >= 4 is 29.5 Å². The molecule has 0 fully saturated rings. The second kappa shape index (κ2) is 7.49. The molecule has 1 aliphatic heterocycles. The number of hydrogen-bond acceptors (Lipinski definition) is 4. The lowest BCUT2D eigenvalue weighted by Gasteiger charge is -2.03. The van der Waals surface area contributed by atoms with Crippen LogP contribution in [0.4, 0.5) is 4.39 Å². The van der Waals surface area contributed by atoms with Gasteiger partial charge in [0.05, 0.1) is 12.1 Å². The van der Waals surface area contributed by atoms with Gasteiger partial charge in [0.25, 0.3) is 0 Å². The Labute approximate surface area is 149 Å². The van der Waals surface area contributed by atoms with E-state index in [1.807, 2.05) is 6.07 Å². The van der Waals surface area contributed by atoms with E-state index in [2.05, 4.69) is 4.99 Å². The summed E-state index contributed by atoms with van der Waals surface area (Å²) >= 11 is 6.07. The molecule has 1 aliphatic rings. The minimum absolute atomic E-state index is 0.204. The van der Waals surface area contributed by atoms with Gasteiger partial charge in [0, 0.05) is 6.42 Å². The molecule has 0 saturated heterocycles. The molecule has 0 bridgehead atoms. The van der Waals surface area contributed by atoms with E-state index in [1.165, 1.54) is 19.2 Å². The maximum absolute atomic E-state index is 13.2. The van der Waals surface area contributed by atoms with E-state index >= 15 is 0 Å². The predicted octanol–water partition coefficient (Wildman–Crippen LogP) is 4.42. The summed E-state index contributed by atoms with van der Waals surface area (Å²) in [7, 11) is 1.53. The topological polar surface area (TPSA) is 47.9 Å². The highest BCUT2D eigenvalue weighted by molar-refractivity contribution is 6.32. The Morgan fingerprint density at radius 2 is 2.08 bits per heavy atom. The second-order valence-electron chi connectivity index (χ2n) is 5.45. The van der Waals surface area contributed by atoms with Crippen LogP contribution in [0, 0.1) is 5.82 Å². The van der Waals surface area contributed by atoms with E-state index in [0.29, 0.717) is 35.1 Å². The maximum Gasteiger partial charge on any atom is 0.363 e. The molecule has 0 spiro atoms. The molecule has 2 aromatic carbocycles. The zero-order chi connectivity index (χ0) is 17.8. The number of hydrogen-bond donors (Lipinski definition) is 0. The third-order valence-electron chi connectivity index (χ3n) is 3.66. The van der Waals surface area contributed by atoms with Crippen LogP contribution in [0.1, 0.15) is 17.5 Å². The van der Waals surface area contributed by atoms with Gasteiger partial charge in [0.15, 0.2) is 11.6 Å². The van der Waals surface area contributed by atoms with Crippen molar-refractivity contribution in [3.63, 3.8) is 0 Å². The van der Waals surface area contributed by atoms with Crippen molar-refractivity contribution in [1.82, 2.24) is 0 Å². The first-order valence-corrected chi connectivity index (χ1v) is 8.02. The normalized spacial score (nSPS) is 15.2. The minimum atomic E-state index is -0.513. The van der Waals surface area contributed by atoms with E-state index in [1.54, 1.807) is 30.3 Å². The van der Waals surface area contributed by atoms with Crippen molar-refractivity contribution in [2.45, 2.75) is 12.8 Å². The summed E-state index contributed by atoms with van der Waals surface area (Å²) in [4.78, 5) is 16.2. The summed E-state index contributed by atoms with van der Waals surface area (Å²) in [6, 6.07) is 11.5. The summed E-state index contributed by atoms with van der Waals surface area (Å²) in [5, 5.41) is 0.443. The predicted molar refractivity (Wildman–Crippen MR) is 94.2 cm³/mol. The van der Waals surface area contributed by atoms with Crippen molar-refractivity contribution in [3.05, 3.63) is 70.1 Å². The van der Waals surface area contributed by atoms with Crippen molar-refractivity contribution < 1.29 is 18.7 Å². The molecule has 0 unspecified atom stereocenters. The number of benzene rings is 2. The van der Waals surface area contributed by atoms with Crippen molar-refractivity contribution in [3.8, 4) is 5.75 Å². The molecule has 0 atom stereocenters. The molecule has 0 saturated carbocycles. The Hall–Kier alpha value is -2.66. The van der Waals surface area contributed by atoms with Gasteiger partial charge in [0.1, 0.15) is 11.6 Å². The minimum Gasteiger partial charge on any atom is -0.495 e. The second-order valence-corrected chi connectivity index (χ2v) is 5.86. The van der Waals surface area contributed by atoms with E-state index in [-0.39, 0.29) is 11.5 Å². The number of aryl methyl sites for hydroxylation is 1. The fourth-order valence-corrected chi connectivity index (χ4v) is 2.70. The number of rotatable bonds is 5. The molecule has 3 rings (SSSR count). The number of nitrogens with zero attached hydrogens (tertiary/aromatic N) is 1. The largest absolute Gasteiger partial charge is 0.495 e. The van der Waals surface area contributed by atoms with Gasteiger partial charge in [-0.15, -0.1) is 0 Å². The van der Waals surface area contributed by atoms with Gasteiger partial charge in [-0.05, 0) is 47.9 Å². The fraction of sp³-hybridized carbons (Fsp3) is 0.158. The molecule has 0 aliphatic carbocycles. The quantitative estimate of drug-likeness (QED) is 0.586. The van der Waals surface area contributed by atoms with Crippen LogP contribution >= 0.6 is 11.6 Å². The van der Waals surface area contributed by atoms with Crippen LogP contribution in [-0.2, 0) is 16.0 Å². The van der Waals surface area contributed by atoms with Crippen LogP contribution in [0.2, 0.25) is 5.02 Å². The first-order valence-electron chi connectivity index (χ1n) is 7.64. The van der Waals surface area contributed by atoms with Gasteiger partial charge >= 0.3 is 5.97 Å². The highest BCUT2D eigenvalue weighted by Crippen LogP contribution is 2.27. The summed E-state index contributed by atoms with van der Waals surface area (Å²) in [6.07, 6.45) is 2.55. The van der Waals surface area contributed by atoms with Crippen LogP contribution in [-0.4, -0.2) is 19.0 Å². The molecule has 0 radical (unpaired) electrons. The SMILES string of the molecule is COc1ccc(/C=C2/N=C(CCc3cccc(F)c3)OC2=O)cc1Cl. The Bertz CT molecular complexity index is 877. The monoisotopic (exact) mass is 359 g/mol.